The van der Waals surface area contributed by atoms with Crippen molar-refractivity contribution in [3.05, 3.63) is 15.6 Å². The molecule has 3 rings (SSSR count). The molecule has 0 amide bonds. The fraction of sp³-hybridized carbons (Fsp3) is 0.750. The zero-order chi connectivity index (χ0) is 11.7. The molecule has 1 aromatic heterocycles. The van der Waals surface area contributed by atoms with Gasteiger partial charge in [0.2, 0.25) is 0 Å². The van der Waals surface area contributed by atoms with Gasteiger partial charge in [-0.3, -0.25) is 4.90 Å². The summed E-state index contributed by atoms with van der Waals surface area (Å²) in [6.45, 7) is 4.70. The lowest BCUT2D eigenvalue weighted by atomic mass is 10.2. The number of morpholine rings is 1. The minimum Gasteiger partial charge on any atom is -0.391 e. The van der Waals surface area contributed by atoms with E-state index in [0.717, 1.165) is 42.7 Å². The highest BCUT2D eigenvalue weighted by Gasteiger charge is 2.29. The Bertz CT molecular complexity index is 384. The van der Waals surface area contributed by atoms with E-state index in [1.807, 2.05) is 0 Å². The van der Waals surface area contributed by atoms with Crippen LogP contribution in [0.4, 0.5) is 0 Å². The van der Waals surface area contributed by atoms with Gasteiger partial charge in [-0.25, -0.2) is 4.98 Å². The molecule has 5 heteroatoms. The van der Waals surface area contributed by atoms with Crippen LogP contribution in [-0.2, 0) is 17.9 Å². The Hall–Kier alpha value is -0.490. The molecular weight excluding hydrogens is 236 g/mol. The summed E-state index contributed by atoms with van der Waals surface area (Å²) in [6, 6.07) is 0. The number of rotatable bonds is 4. The molecule has 2 aliphatic rings. The van der Waals surface area contributed by atoms with Gasteiger partial charge < -0.3 is 9.84 Å². The van der Waals surface area contributed by atoms with Gasteiger partial charge in [0.1, 0.15) is 5.01 Å². The third-order valence-corrected chi connectivity index (χ3v) is 4.38. The maximum absolute atomic E-state index is 9.35. The van der Waals surface area contributed by atoms with Crippen LogP contribution < -0.4 is 0 Å². The monoisotopic (exact) mass is 254 g/mol. The Kier molecular flexibility index (Phi) is 3.42. The van der Waals surface area contributed by atoms with Crippen molar-refractivity contribution in [2.75, 3.05) is 26.3 Å². The summed E-state index contributed by atoms with van der Waals surface area (Å²) in [6.07, 6.45) is 2.49. The van der Waals surface area contributed by atoms with E-state index in [-0.39, 0.29) is 6.61 Å². The standard InChI is InChI=1S/C12H18N2O2S/c15-8-10-12(9-1-2-9)13-11(17-10)7-14-3-5-16-6-4-14/h9,15H,1-8H2. The number of thiazole rings is 1. The van der Waals surface area contributed by atoms with Gasteiger partial charge in [-0.1, -0.05) is 0 Å². The van der Waals surface area contributed by atoms with Gasteiger partial charge in [0.25, 0.3) is 0 Å². The normalized spacial score (nSPS) is 21.9. The second-order valence-electron chi connectivity index (χ2n) is 4.74. The Morgan fingerprint density at radius 1 is 1.35 bits per heavy atom. The highest BCUT2D eigenvalue weighted by Crippen LogP contribution is 2.42. The summed E-state index contributed by atoms with van der Waals surface area (Å²) in [7, 11) is 0. The van der Waals surface area contributed by atoms with Gasteiger partial charge in [-0.05, 0) is 12.8 Å². The van der Waals surface area contributed by atoms with Crippen LogP contribution in [0, 0.1) is 0 Å². The molecule has 1 saturated heterocycles. The highest BCUT2D eigenvalue weighted by atomic mass is 32.1. The van der Waals surface area contributed by atoms with E-state index in [9.17, 15) is 5.11 Å². The van der Waals surface area contributed by atoms with E-state index < -0.39 is 0 Å². The Balaban J connectivity index is 1.69. The molecular formula is C12H18N2O2S. The van der Waals surface area contributed by atoms with Crippen LogP contribution >= 0.6 is 11.3 Å². The van der Waals surface area contributed by atoms with E-state index in [1.165, 1.54) is 18.5 Å². The number of aliphatic hydroxyl groups excluding tert-OH is 1. The van der Waals surface area contributed by atoms with Crippen LogP contribution in [-0.4, -0.2) is 41.3 Å². The van der Waals surface area contributed by atoms with Crippen LogP contribution in [0.25, 0.3) is 0 Å². The number of hydrogen-bond donors (Lipinski definition) is 1. The van der Waals surface area contributed by atoms with Crippen molar-refractivity contribution in [3.63, 3.8) is 0 Å². The Labute approximate surface area is 105 Å². The molecule has 2 fully saturated rings. The number of ether oxygens (including phenoxy) is 1. The fourth-order valence-electron chi connectivity index (χ4n) is 2.22. The molecule has 2 heterocycles. The van der Waals surface area contributed by atoms with Gasteiger partial charge in [-0.15, -0.1) is 11.3 Å². The predicted octanol–water partition coefficient (Wildman–Crippen LogP) is 1.35. The lowest BCUT2D eigenvalue weighted by Crippen LogP contribution is -2.35. The first-order valence-electron chi connectivity index (χ1n) is 6.26. The zero-order valence-corrected chi connectivity index (χ0v) is 10.7. The first kappa shape index (κ1) is 11.6. The molecule has 17 heavy (non-hydrogen) atoms. The number of hydrogen-bond acceptors (Lipinski definition) is 5. The summed E-state index contributed by atoms with van der Waals surface area (Å²) in [5, 5.41) is 10.5. The van der Waals surface area contributed by atoms with Gasteiger partial charge >= 0.3 is 0 Å². The molecule has 0 aromatic carbocycles. The summed E-state index contributed by atoms with van der Waals surface area (Å²) >= 11 is 1.68. The van der Waals surface area contributed by atoms with Crippen LogP contribution in [0.5, 0.6) is 0 Å². The largest absolute Gasteiger partial charge is 0.391 e. The first-order chi connectivity index (χ1) is 8.36. The molecule has 1 aliphatic carbocycles. The second-order valence-corrected chi connectivity index (χ2v) is 5.91. The van der Waals surface area contributed by atoms with E-state index in [1.54, 1.807) is 11.3 Å². The molecule has 0 spiro atoms. The molecule has 1 aromatic rings. The van der Waals surface area contributed by atoms with Gasteiger partial charge in [0, 0.05) is 19.0 Å². The molecule has 0 unspecified atom stereocenters. The average molecular weight is 254 g/mol. The van der Waals surface area contributed by atoms with Crippen molar-refractivity contribution in [2.24, 2.45) is 0 Å². The predicted molar refractivity (Wildman–Crippen MR) is 66.1 cm³/mol. The quantitative estimate of drug-likeness (QED) is 0.881. The van der Waals surface area contributed by atoms with Crippen molar-refractivity contribution in [2.45, 2.75) is 31.9 Å². The van der Waals surface area contributed by atoms with Crippen LogP contribution in [0.3, 0.4) is 0 Å². The zero-order valence-electron chi connectivity index (χ0n) is 9.89. The fourth-order valence-corrected chi connectivity index (χ4v) is 3.28. The Morgan fingerprint density at radius 3 is 2.76 bits per heavy atom. The topological polar surface area (TPSA) is 45.6 Å². The van der Waals surface area contributed by atoms with E-state index in [2.05, 4.69) is 4.90 Å². The average Bonchev–Trinajstić information content (AvgIpc) is 3.13. The van der Waals surface area contributed by atoms with Gasteiger partial charge in [0.15, 0.2) is 0 Å². The van der Waals surface area contributed by atoms with Crippen molar-refractivity contribution in [1.82, 2.24) is 9.88 Å². The molecule has 1 N–H and O–H groups in total. The molecule has 94 valence electrons. The minimum atomic E-state index is 0.145. The summed E-state index contributed by atoms with van der Waals surface area (Å²) in [5.41, 5.74) is 1.17. The SMILES string of the molecule is OCc1sc(CN2CCOCC2)nc1C1CC1. The maximum Gasteiger partial charge on any atom is 0.107 e. The van der Waals surface area contributed by atoms with Crippen molar-refractivity contribution in [3.8, 4) is 0 Å². The highest BCUT2D eigenvalue weighted by molar-refractivity contribution is 7.11. The number of aromatic nitrogens is 1. The van der Waals surface area contributed by atoms with Crippen LogP contribution in [0.15, 0.2) is 0 Å². The molecule has 4 nitrogen and oxygen atoms in total. The lowest BCUT2D eigenvalue weighted by molar-refractivity contribution is 0.0341. The Morgan fingerprint density at radius 2 is 2.12 bits per heavy atom. The van der Waals surface area contributed by atoms with E-state index >= 15 is 0 Å². The van der Waals surface area contributed by atoms with Crippen molar-refractivity contribution in [1.29, 1.82) is 0 Å². The molecule has 0 radical (unpaired) electrons. The van der Waals surface area contributed by atoms with E-state index in [0.29, 0.717) is 5.92 Å². The summed E-state index contributed by atoms with van der Waals surface area (Å²) in [5.74, 6) is 0.631. The van der Waals surface area contributed by atoms with Gasteiger partial charge in [0.05, 0.1) is 36.9 Å². The molecule has 1 saturated carbocycles. The van der Waals surface area contributed by atoms with E-state index in [4.69, 9.17) is 9.72 Å². The van der Waals surface area contributed by atoms with Crippen LogP contribution in [0.1, 0.15) is 34.3 Å². The lowest BCUT2D eigenvalue weighted by Gasteiger charge is -2.25. The summed E-state index contributed by atoms with van der Waals surface area (Å²) in [4.78, 5) is 8.17. The third kappa shape index (κ3) is 2.68. The first-order valence-corrected chi connectivity index (χ1v) is 7.08. The van der Waals surface area contributed by atoms with Gasteiger partial charge in [-0.2, -0.15) is 0 Å². The number of aliphatic hydroxyl groups is 1. The molecule has 0 bridgehead atoms. The van der Waals surface area contributed by atoms with Crippen molar-refractivity contribution >= 4 is 11.3 Å². The van der Waals surface area contributed by atoms with Crippen LogP contribution in [0.2, 0.25) is 0 Å². The second kappa shape index (κ2) is 5.02. The maximum atomic E-state index is 9.35. The number of nitrogens with zero attached hydrogens (tertiary/aromatic N) is 2. The third-order valence-electron chi connectivity index (χ3n) is 3.34. The minimum absolute atomic E-state index is 0.145. The smallest absolute Gasteiger partial charge is 0.107 e. The molecule has 1 aliphatic heterocycles. The molecule has 0 atom stereocenters. The summed E-state index contributed by atoms with van der Waals surface area (Å²) < 4.78 is 5.34. The van der Waals surface area contributed by atoms with Crippen molar-refractivity contribution < 1.29 is 9.84 Å².